The topological polar surface area (TPSA) is 64.3 Å². The monoisotopic (exact) mass is 228 g/mol. The summed E-state index contributed by atoms with van der Waals surface area (Å²) in [5.74, 6) is -0.233. The Morgan fingerprint density at radius 2 is 2.33 bits per heavy atom. The molecule has 0 aliphatic heterocycles. The van der Waals surface area contributed by atoms with Crippen LogP contribution < -0.4 is 11.1 Å². The Morgan fingerprint density at radius 3 is 2.93 bits per heavy atom. The number of hydrogen-bond donors (Lipinski definition) is 2. The first-order valence-corrected chi connectivity index (χ1v) is 4.94. The second kappa shape index (κ2) is 5.58. The van der Waals surface area contributed by atoms with E-state index in [1.54, 1.807) is 18.2 Å². The van der Waals surface area contributed by atoms with E-state index in [1.807, 2.05) is 6.92 Å². The average Bonchev–Trinajstić information content (AvgIpc) is 2.19. The van der Waals surface area contributed by atoms with Crippen LogP contribution in [0.15, 0.2) is 18.2 Å². The van der Waals surface area contributed by atoms with E-state index >= 15 is 0 Å². The van der Waals surface area contributed by atoms with Crippen molar-refractivity contribution in [3.05, 3.63) is 23.2 Å². The van der Waals surface area contributed by atoms with E-state index in [-0.39, 0.29) is 12.5 Å². The van der Waals surface area contributed by atoms with Gasteiger partial charge in [-0.25, -0.2) is 0 Å². The lowest BCUT2D eigenvalue weighted by molar-refractivity contribution is -0.120. The Morgan fingerprint density at radius 1 is 1.60 bits per heavy atom. The van der Waals surface area contributed by atoms with Crippen molar-refractivity contribution in [2.24, 2.45) is 0 Å². The molecule has 0 fully saturated rings. The first-order valence-electron chi connectivity index (χ1n) is 4.56. The minimum absolute atomic E-state index is 0.0250. The molecule has 1 amide bonds. The van der Waals surface area contributed by atoms with Crippen molar-refractivity contribution in [2.45, 2.75) is 6.92 Å². The van der Waals surface area contributed by atoms with Crippen molar-refractivity contribution in [3.8, 4) is 0 Å². The maximum Gasteiger partial charge on any atom is 0.250 e. The Balaban J connectivity index is 2.60. The van der Waals surface area contributed by atoms with Crippen molar-refractivity contribution in [3.63, 3.8) is 0 Å². The second-order valence-electron chi connectivity index (χ2n) is 2.92. The Kier molecular flexibility index (Phi) is 4.39. The summed E-state index contributed by atoms with van der Waals surface area (Å²) >= 11 is 5.87. The molecule has 0 aromatic heterocycles. The van der Waals surface area contributed by atoms with Crippen LogP contribution in [0.3, 0.4) is 0 Å². The number of hydrogen-bond acceptors (Lipinski definition) is 3. The highest BCUT2D eigenvalue weighted by Gasteiger charge is 2.05. The molecule has 0 heterocycles. The summed E-state index contributed by atoms with van der Waals surface area (Å²) < 4.78 is 4.95. The van der Waals surface area contributed by atoms with Crippen LogP contribution in [0.2, 0.25) is 5.02 Å². The smallest absolute Gasteiger partial charge is 0.250 e. The summed E-state index contributed by atoms with van der Waals surface area (Å²) in [6.07, 6.45) is 0. The highest BCUT2D eigenvalue weighted by Crippen LogP contribution is 2.23. The maximum atomic E-state index is 11.3. The summed E-state index contributed by atoms with van der Waals surface area (Å²) in [5.41, 5.74) is 6.61. The fraction of sp³-hybridized carbons (Fsp3) is 0.300. The highest BCUT2D eigenvalue weighted by molar-refractivity contribution is 6.34. The lowest BCUT2D eigenvalue weighted by atomic mass is 10.3. The van der Waals surface area contributed by atoms with Crippen LogP contribution in [-0.2, 0) is 9.53 Å². The number of amides is 1. The Hall–Kier alpha value is -1.26. The van der Waals surface area contributed by atoms with Gasteiger partial charge in [-0.15, -0.1) is 0 Å². The molecule has 4 nitrogen and oxygen atoms in total. The molecule has 0 aliphatic rings. The van der Waals surface area contributed by atoms with Gasteiger partial charge in [0.15, 0.2) is 0 Å². The quantitative estimate of drug-likeness (QED) is 0.774. The molecule has 3 N–H and O–H groups in total. The molecule has 1 aromatic carbocycles. The van der Waals surface area contributed by atoms with E-state index in [0.717, 1.165) is 0 Å². The molecular formula is C10H13ClN2O2. The second-order valence-corrected chi connectivity index (χ2v) is 3.33. The van der Waals surface area contributed by atoms with Gasteiger partial charge in [-0.2, -0.15) is 0 Å². The molecule has 1 rings (SSSR count). The zero-order valence-electron chi connectivity index (χ0n) is 8.42. The molecule has 0 saturated heterocycles. The van der Waals surface area contributed by atoms with Crippen molar-refractivity contribution in [1.29, 1.82) is 0 Å². The van der Waals surface area contributed by atoms with Crippen LogP contribution in [0, 0.1) is 0 Å². The molecule has 0 unspecified atom stereocenters. The van der Waals surface area contributed by atoms with Crippen LogP contribution in [0.5, 0.6) is 0 Å². The van der Waals surface area contributed by atoms with Crippen molar-refractivity contribution in [1.82, 2.24) is 0 Å². The third-order valence-corrected chi connectivity index (χ3v) is 2.02. The Labute approximate surface area is 93.4 Å². The number of rotatable bonds is 4. The van der Waals surface area contributed by atoms with E-state index in [4.69, 9.17) is 22.1 Å². The van der Waals surface area contributed by atoms with Gasteiger partial charge in [0.1, 0.15) is 6.61 Å². The number of halogens is 1. The van der Waals surface area contributed by atoms with Gasteiger partial charge in [-0.3, -0.25) is 4.79 Å². The predicted octanol–water partition coefficient (Wildman–Crippen LogP) is 1.90. The van der Waals surface area contributed by atoms with Gasteiger partial charge in [0.05, 0.1) is 10.7 Å². The van der Waals surface area contributed by atoms with Crippen molar-refractivity contribution >= 4 is 28.9 Å². The first-order chi connectivity index (χ1) is 7.13. The molecule has 0 aliphatic carbocycles. The van der Waals surface area contributed by atoms with Gasteiger partial charge in [-0.05, 0) is 25.1 Å². The normalized spacial score (nSPS) is 10.0. The minimum atomic E-state index is -0.233. The van der Waals surface area contributed by atoms with Gasteiger partial charge in [-0.1, -0.05) is 11.6 Å². The summed E-state index contributed by atoms with van der Waals surface area (Å²) in [4.78, 5) is 11.3. The molecule has 0 saturated carbocycles. The van der Waals surface area contributed by atoms with Crippen LogP contribution in [0.4, 0.5) is 11.4 Å². The summed E-state index contributed by atoms with van der Waals surface area (Å²) in [6, 6.07) is 4.90. The van der Waals surface area contributed by atoms with E-state index in [1.165, 1.54) is 0 Å². The van der Waals surface area contributed by atoms with E-state index in [0.29, 0.717) is 23.0 Å². The third-order valence-electron chi connectivity index (χ3n) is 1.70. The lowest BCUT2D eigenvalue weighted by Crippen LogP contribution is -2.18. The lowest BCUT2D eigenvalue weighted by Gasteiger charge is -2.07. The highest BCUT2D eigenvalue weighted by atomic mass is 35.5. The minimum Gasteiger partial charge on any atom is -0.399 e. The molecule has 0 atom stereocenters. The van der Waals surface area contributed by atoms with Gasteiger partial charge in [0.2, 0.25) is 5.91 Å². The fourth-order valence-electron chi connectivity index (χ4n) is 1.01. The summed E-state index contributed by atoms with van der Waals surface area (Å²) in [5, 5.41) is 3.04. The van der Waals surface area contributed by atoms with Crippen LogP contribution >= 0.6 is 11.6 Å². The summed E-state index contributed by atoms with van der Waals surface area (Å²) in [6.45, 7) is 2.35. The van der Waals surface area contributed by atoms with E-state index in [2.05, 4.69) is 5.32 Å². The number of benzene rings is 1. The van der Waals surface area contributed by atoms with Crippen LogP contribution in [-0.4, -0.2) is 19.1 Å². The van der Waals surface area contributed by atoms with Crippen LogP contribution in [0.1, 0.15) is 6.92 Å². The fourth-order valence-corrected chi connectivity index (χ4v) is 1.25. The van der Waals surface area contributed by atoms with Crippen molar-refractivity contribution < 1.29 is 9.53 Å². The number of nitrogen functional groups attached to an aromatic ring is 1. The predicted molar refractivity (Wildman–Crippen MR) is 61.0 cm³/mol. The van der Waals surface area contributed by atoms with Gasteiger partial charge < -0.3 is 15.8 Å². The van der Waals surface area contributed by atoms with Crippen molar-refractivity contribution in [2.75, 3.05) is 24.3 Å². The molecule has 5 heteroatoms. The molecule has 0 radical (unpaired) electrons. The van der Waals surface area contributed by atoms with Crippen LogP contribution in [0.25, 0.3) is 0 Å². The number of carbonyl (C=O) groups excluding carboxylic acids is 1. The summed E-state index contributed by atoms with van der Waals surface area (Å²) in [7, 11) is 0. The molecule has 0 spiro atoms. The first kappa shape index (κ1) is 11.8. The van der Waals surface area contributed by atoms with E-state index in [9.17, 15) is 4.79 Å². The molecule has 15 heavy (non-hydrogen) atoms. The average molecular weight is 229 g/mol. The third kappa shape index (κ3) is 3.77. The zero-order valence-corrected chi connectivity index (χ0v) is 9.17. The Bertz CT molecular complexity index is 355. The number of nitrogens with one attached hydrogen (secondary N) is 1. The van der Waals surface area contributed by atoms with E-state index < -0.39 is 0 Å². The number of ether oxygens (including phenoxy) is 1. The number of anilines is 2. The maximum absolute atomic E-state index is 11.3. The zero-order chi connectivity index (χ0) is 11.3. The largest absolute Gasteiger partial charge is 0.399 e. The van der Waals surface area contributed by atoms with Gasteiger partial charge in [0.25, 0.3) is 0 Å². The molecule has 82 valence electrons. The molecule has 0 bridgehead atoms. The van der Waals surface area contributed by atoms with Gasteiger partial charge >= 0.3 is 0 Å². The SMILES string of the molecule is CCOCC(=O)Nc1ccc(N)cc1Cl. The standard InChI is InChI=1S/C10H13ClN2O2/c1-2-15-6-10(14)13-9-4-3-7(12)5-8(9)11/h3-5H,2,6,12H2,1H3,(H,13,14). The number of nitrogens with two attached hydrogens (primary N) is 1. The number of carbonyl (C=O) groups is 1. The molecule has 1 aromatic rings. The molecular weight excluding hydrogens is 216 g/mol. The van der Waals surface area contributed by atoms with Gasteiger partial charge in [0, 0.05) is 12.3 Å².